The monoisotopic (exact) mass is 149 g/mol. The molecule has 0 saturated carbocycles. The fraction of sp³-hybridized carbons (Fsp3) is 0.444. The van der Waals surface area contributed by atoms with Crippen LogP contribution in [0, 0.1) is 0 Å². The van der Waals surface area contributed by atoms with E-state index in [1.54, 1.807) is 6.20 Å². The Morgan fingerprint density at radius 3 is 3.18 bits per heavy atom. The van der Waals surface area contributed by atoms with E-state index in [1.165, 1.54) is 5.56 Å². The highest BCUT2D eigenvalue weighted by Gasteiger charge is 2.21. The SMILES string of the molecule is c1cncc(CCC2CO2)c1. The molecule has 0 aliphatic carbocycles. The van der Waals surface area contributed by atoms with Crippen LogP contribution in [0.4, 0.5) is 0 Å². The van der Waals surface area contributed by atoms with Crippen LogP contribution >= 0.6 is 0 Å². The lowest BCUT2D eigenvalue weighted by molar-refractivity contribution is 0.396. The standard InChI is InChI=1S/C9H11NO/c1-2-8(6-10-5-1)3-4-9-7-11-9/h1-2,5-6,9H,3-4,7H2. The van der Waals surface area contributed by atoms with Gasteiger partial charge < -0.3 is 4.74 Å². The van der Waals surface area contributed by atoms with Gasteiger partial charge in [-0.25, -0.2) is 0 Å². The number of aromatic nitrogens is 1. The Balaban J connectivity index is 1.85. The van der Waals surface area contributed by atoms with E-state index in [9.17, 15) is 0 Å². The van der Waals surface area contributed by atoms with Crippen molar-refractivity contribution in [2.45, 2.75) is 18.9 Å². The smallest absolute Gasteiger partial charge is 0.0813 e. The Morgan fingerprint density at radius 2 is 2.55 bits per heavy atom. The van der Waals surface area contributed by atoms with Gasteiger partial charge in [-0.1, -0.05) is 6.07 Å². The first kappa shape index (κ1) is 6.80. The molecule has 0 radical (unpaired) electrons. The Bertz CT molecular complexity index is 218. The van der Waals surface area contributed by atoms with Crippen LogP contribution in [0.2, 0.25) is 0 Å². The normalized spacial score (nSPS) is 21.6. The molecule has 0 N–H and O–H groups in total. The number of hydrogen-bond acceptors (Lipinski definition) is 2. The van der Waals surface area contributed by atoms with Crippen molar-refractivity contribution < 1.29 is 4.74 Å². The minimum absolute atomic E-state index is 0.537. The Labute approximate surface area is 66.2 Å². The summed E-state index contributed by atoms with van der Waals surface area (Å²) in [5, 5.41) is 0. The van der Waals surface area contributed by atoms with E-state index < -0.39 is 0 Å². The second kappa shape index (κ2) is 3.01. The van der Waals surface area contributed by atoms with Crippen molar-refractivity contribution in [3.8, 4) is 0 Å². The molecule has 2 nitrogen and oxygen atoms in total. The number of pyridine rings is 1. The van der Waals surface area contributed by atoms with Crippen molar-refractivity contribution in [1.82, 2.24) is 4.98 Å². The zero-order valence-corrected chi connectivity index (χ0v) is 6.36. The lowest BCUT2D eigenvalue weighted by Crippen LogP contribution is -1.90. The molecule has 0 spiro atoms. The zero-order chi connectivity index (χ0) is 7.52. The molecule has 1 unspecified atom stereocenters. The van der Waals surface area contributed by atoms with Gasteiger partial charge in [-0.15, -0.1) is 0 Å². The predicted molar refractivity (Wildman–Crippen MR) is 42.3 cm³/mol. The van der Waals surface area contributed by atoms with Gasteiger partial charge in [0.25, 0.3) is 0 Å². The summed E-state index contributed by atoms with van der Waals surface area (Å²) >= 11 is 0. The van der Waals surface area contributed by atoms with E-state index in [4.69, 9.17) is 4.74 Å². The molecule has 1 aromatic heterocycles. The summed E-state index contributed by atoms with van der Waals surface area (Å²) in [6.45, 7) is 0.959. The van der Waals surface area contributed by atoms with Crippen LogP contribution < -0.4 is 0 Å². The highest BCUT2D eigenvalue weighted by molar-refractivity contribution is 5.08. The van der Waals surface area contributed by atoms with Gasteiger partial charge in [0.1, 0.15) is 0 Å². The zero-order valence-electron chi connectivity index (χ0n) is 6.36. The number of ether oxygens (including phenoxy) is 1. The fourth-order valence-corrected chi connectivity index (χ4v) is 1.11. The van der Waals surface area contributed by atoms with E-state index in [0.717, 1.165) is 19.4 Å². The molecule has 0 bridgehead atoms. The summed E-state index contributed by atoms with van der Waals surface area (Å²) in [5.41, 5.74) is 1.31. The third kappa shape index (κ3) is 2.02. The van der Waals surface area contributed by atoms with Crippen molar-refractivity contribution in [2.24, 2.45) is 0 Å². The van der Waals surface area contributed by atoms with Crippen LogP contribution in [0.5, 0.6) is 0 Å². The highest BCUT2D eigenvalue weighted by atomic mass is 16.6. The fourth-order valence-electron chi connectivity index (χ4n) is 1.11. The molecule has 0 amide bonds. The van der Waals surface area contributed by atoms with Crippen molar-refractivity contribution in [3.63, 3.8) is 0 Å². The van der Waals surface area contributed by atoms with Gasteiger partial charge in [-0.05, 0) is 24.5 Å². The Morgan fingerprint density at radius 1 is 1.64 bits per heavy atom. The van der Waals surface area contributed by atoms with Crippen molar-refractivity contribution in [1.29, 1.82) is 0 Å². The predicted octanol–water partition coefficient (Wildman–Crippen LogP) is 1.41. The molecule has 1 saturated heterocycles. The maximum atomic E-state index is 5.11. The Hall–Kier alpha value is -0.890. The van der Waals surface area contributed by atoms with Gasteiger partial charge >= 0.3 is 0 Å². The van der Waals surface area contributed by atoms with Gasteiger partial charge in [-0.3, -0.25) is 4.98 Å². The maximum absolute atomic E-state index is 5.11. The third-order valence-corrected chi connectivity index (χ3v) is 1.88. The van der Waals surface area contributed by atoms with Crippen LogP contribution in [0.1, 0.15) is 12.0 Å². The van der Waals surface area contributed by atoms with E-state index in [2.05, 4.69) is 11.1 Å². The van der Waals surface area contributed by atoms with Gasteiger partial charge in [0, 0.05) is 12.4 Å². The van der Waals surface area contributed by atoms with Gasteiger partial charge in [0.05, 0.1) is 12.7 Å². The summed E-state index contributed by atoms with van der Waals surface area (Å²) in [6.07, 6.45) is 6.50. The molecule has 11 heavy (non-hydrogen) atoms. The van der Waals surface area contributed by atoms with Crippen molar-refractivity contribution >= 4 is 0 Å². The van der Waals surface area contributed by atoms with Crippen LogP contribution in [0.15, 0.2) is 24.5 Å². The van der Waals surface area contributed by atoms with Gasteiger partial charge in [-0.2, -0.15) is 0 Å². The quantitative estimate of drug-likeness (QED) is 0.607. The first-order chi connectivity index (χ1) is 5.45. The second-order valence-corrected chi connectivity index (χ2v) is 2.86. The molecule has 2 heterocycles. The lowest BCUT2D eigenvalue weighted by Gasteiger charge is -1.95. The number of hydrogen-bond donors (Lipinski definition) is 0. The minimum atomic E-state index is 0.537. The van der Waals surface area contributed by atoms with Crippen LogP contribution in [0.3, 0.4) is 0 Å². The molecule has 0 aromatic carbocycles. The average molecular weight is 149 g/mol. The molecule has 1 atom stereocenters. The summed E-state index contributed by atoms with van der Waals surface area (Å²) in [7, 11) is 0. The largest absolute Gasteiger partial charge is 0.373 e. The molecular formula is C9H11NO. The van der Waals surface area contributed by atoms with E-state index in [1.807, 2.05) is 12.3 Å². The maximum Gasteiger partial charge on any atom is 0.0813 e. The summed E-state index contributed by atoms with van der Waals surface area (Å²) in [5.74, 6) is 0. The van der Waals surface area contributed by atoms with E-state index in [0.29, 0.717) is 6.10 Å². The van der Waals surface area contributed by atoms with E-state index in [-0.39, 0.29) is 0 Å². The number of nitrogens with zero attached hydrogens (tertiary/aromatic N) is 1. The first-order valence-electron chi connectivity index (χ1n) is 3.95. The van der Waals surface area contributed by atoms with Gasteiger partial charge in [0.15, 0.2) is 0 Å². The lowest BCUT2D eigenvalue weighted by atomic mass is 10.1. The molecule has 2 rings (SSSR count). The molecule has 1 aliphatic heterocycles. The molecule has 1 fully saturated rings. The molecule has 1 aromatic rings. The first-order valence-corrected chi connectivity index (χ1v) is 3.95. The second-order valence-electron chi connectivity index (χ2n) is 2.86. The molecule has 2 heteroatoms. The highest BCUT2D eigenvalue weighted by Crippen LogP contribution is 2.15. The van der Waals surface area contributed by atoms with Gasteiger partial charge in [0.2, 0.25) is 0 Å². The topological polar surface area (TPSA) is 25.4 Å². The summed E-state index contributed by atoms with van der Waals surface area (Å²) < 4.78 is 5.11. The summed E-state index contributed by atoms with van der Waals surface area (Å²) in [4.78, 5) is 4.04. The Kier molecular flexibility index (Phi) is 1.86. The van der Waals surface area contributed by atoms with Crippen LogP contribution in [0.25, 0.3) is 0 Å². The molecular weight excluding hydrogens is 138 g/mol. The van der Waals surface area contributed by atoms with Crippen molar-refractivity contribution in [3.05, 3.63) is 30.1 Å². The number of epoxide rings is 1. The molecule has 1 aliphatic rings. The average Bonchev–Trinajstić information content (AvgIpc) is 2.86. The van der Waals surface area contributed by atoms with Crippen LogP contribution in [-0.4, -0.2) is 17.7 Å². The van der Waals surface area contributed by atoms with Crippen molar-refractivity contribution in [2.75, 3.05) is 6.61 Å². The summed E-state index contributed by atoms with van der Waals surface area (Å²) in [6, 6.07) is 4.08. The number of aryl methyl sites for hydroxylation is 1. The number of rotatable bonds is 3. The van der Waals surface area contributed by atoms with E-state index >= 15 is 0 Å². The molecule has 58 valence electrons. The minimum Gasteiger partial charge on any atom is -0.373 e. The van der Waals surface area contributed by atoms with Crippen LogP contribution in [-0.2, 0) is 11.2 Å². The third-order valence-electron chi connectivity index (χ3n) is 1.88.